The minimum atomic E-state index is 0.471. The Bertz CT molecular complexity index is 601. The van der Waals surface area contributed by atoms with E-state index >= 15 is 0 Å². The van der Waals surface area contributed by atoms with E-state index in [0.29, 0.717) is 19.8 Å². The van der Waals surface area contributed by atoms with Crippen LogP contribution in [0.15, 0.2) is 22.1 Å². The number of nitrogens with zero attached hydrogens (tertiary/aromatic N) is 1. The third kappa shape index (κ3) is 4.18. The predicted molar refractivity (Wildman–Crippen MR) is 89.3 cm³/mol. The molecule has 0 fully saturated rings. The Morgan fingerprint density at radius 2 is 2.14 bits per heavy atom. The van der Waals surface area contributed by atoms with Crippen LogP contribution in [0.4, 0.5) is 0 Å². The summed E-state index contributed by atoms with van der Waals surface area (Å²) >= 11 is 5.19. The summed E-state index contributed by atoms with van der Waals surface area (Å²) in [6.07, 6.45) is 0.840. The SMILES string of the molecule is CCOc1cc(CN)cc(Br)c1OCCc1scnc1C. The molecule has 0 aliphatic carbocycles. The number of aromatic nitrogens is 1. The van der Waals surface area contributed by atoms with E-state index in [1.165, 1.54) is 4.88 Å². The van der Waals surface area contributed by atoms with Gasteiger partial charge in [-0.05, 0) is 47.5 Å². The van der Waals surface area contributed by atoms with Crippen LogP contribution in [0.5, 0.6) is 11.5 Å². The number of benzene rings is 1. The first-order chi connectivity index (χ1) is 10.2. The maximum Gasteiger partial charge on any atom is 0.175 e. The van der Waals surface area contributed by atoms with Gasteiger partial charge < -0.3 is 15.2 Å². The lowest BCUT2D eigenvalue weighted by Crippen LogP contribution is -2.06. The van der Waals surface area contributed by atoms with Crippen molar-refractivity contribution in [2.45, 2.75) is 26.8 Å². The van der Waals surface area contributed by atoms with Crippen molar-refractivity contribution >= 4 is 27.3 Å². The lowest BCUT2D eigenvalue weighted by atomic mass is 10.2. The molecule has 2 N–H and O–H groups in total. The number of aryl methyl sites for hydroxylation is 1. The van der Waals surface area contributed by atoms with E-state index in [1.54, 1.807) is 11.3 Å². The van der Waals surface area contributed by atoms with Gasteiger partial charge in [-0.15, -0.1) is 11.3 Å². The molecule has 1 aromatic heterocycles. The van der Waals surface area contributed by atoms with Crippen molar-refractivity contribution in [3.63, 3.8) is 0 Å². The molecule has 6 heteroatoms. The molecule has 0 atom stereocenters. The van der Waals surface area contributed by atoms with Crippen molar-refractivity contribution in [3.05, 3.63) is 38.3 Å². The van der Waals surface area contributed by atoms with Gasteiger partial charge in [-0.3, -0.25) is 0 Å². The Labute approximate surface area is 137 Å². The Hall–Kier alpha value is -1.11. The van der Waals surface area contributed by atoms with Crippen molar-refractivity contribution in [2.24, 2.45) is 5.73 Å². The Balaban J connectivity index is 2.09. The molecule has 0 aliphatic heterocycles. The number of nitrogens with two attached hydrogens (primary N) is 1. The Morgan fingerprint density at radius 1 is 1.33 bits per heavy atom. The second-order valence-electron chi connectivity index (χ2n) is 4.50. The fourth-order valence-corrected chi connectivity index (χ4v) is 3.32. The summed E-state index contributed by atoms with van der Waals surface area (Å²) in [7, 11) is 0. The molecule has 1 heterocycles. The molecule has 0 amide bonds. The van der Waals surface area contributed by atoms with E-state index in [2.05, 4.69) is 20.9 Å². The highest BCUT2D eigenvalue weighted by Gasteiger charge is 2.12. The summed E-state index contributed by atoms with van der Waals surface area (Å²) in [6.45, 7) is 5.62. The maximum absolute atomic E-state index is 5.91. The van der Waals surface area contributed by atoms with Gasteiger partial charge in [-0.2, -0.15) is 0 Å². The first-order valence-electron chi connectivity index (χ1n) is 6.82. The molecule has 0 aliphatic rings. The van der Waals surface area contributed by atoms with E-state index in [-0.39, 0.29) is 0 Å². The molecule has 0 bridgehead atoms. The van der Waals surface area contributed by atoms with E-state index in [0.717, 1.165) is 33.6 Å². The summed E-state index contributed by atoms with van der Waals surface area (Å²) in [5, 5.41) is 0. The van der Waals surface area contributed by atoms with E-state index in [1.807, 2.05) is 31.5 Å². The fraction of sp³-hybridized carbons (Fsp3) is 0.400. The van der Waals surface area contributed by atoms with Crippen LogP contribution in [-0.4, -0.2) is 18.2 Å². The number of thiazole rings is 1. The summed E-state index contributed by atoms with van der Waals surface area (Å²) < 4.78 is 12.4. The average molecular weight is 371 g/mol. The summed E-state index contributed by atoms with van der Waals surface area (Å²) in [5.74, 6) is 1.46. The second-order valence-corrected chi connectivity index (χ2v) is 6.30. The van der Waals surface area contributed by atoms with Gasteiger partial charge in [0.05, 0.1) is 28.9 Å². The zero-order valence-electron chi connectivity index (χ0n) is 12.2. The third-order valence-electron chi connectivity index (χ3n) is 3.03. The molecule has 0 spiro atoms. The zero-order valence-corrected chi connectivity index (χ0v) is 14.6. The Kier molecular flexibility index (Phi) is 6.02. The summed E-state index contributed by atoms with van der Waals surface area (Å²) in [5.41, 5.74) is 9.64. The Morgan fingerprint density at radius 3 is 2.76 bits per heavy atom. The number of rotatable bonds is 7. The van der Waals surface area contributed by atoms with Gasteiger partial charge in [0.15, 0.2) is 11.5 Å². The number of hydrogen-bond donors (Lipinski definition) is 1. The lowest BCUT2D eigenvalue weighted by molar-refractivity contribution is 0.277. The fourth-order valence-electron chi connectivity index (χ4n) is 1.95. The quantitative estimate of drug-likeness (QED) is 0.807. The van der Waals surface area contributed by atoms with Crippen LogP contribution in [-0.2, 0) is 13.0 Å². The molecule has 0 saturated heterocycles. The van der Waals surface area contributed by atoms with E-state index < -0.39 is 0 Å². The van der Waals surface area contributed by atoms with Gasteiger partial charge in [0.2, 0.25) is 0 Å². The van der Waals surface area contributed by atoms with Crippen molar-refractivity contribution in [2.75, 3.05) is 13.2 Å². The molecule has 21 heavy (non-hydrogen) atoms. The van der Waals surface area contributed by atoms with Crippen LogP contribution in [0.3, 0.4) is 0 Å². The monoisotopic (exact) mass is 370 g/mol. The predicted octanol–water partition coefficient (Wildman–Crippen LogP) is 3.69. The smallest absolute Gasteiger partial charge is 0.175 e. The van der Waals surface area contributed by atoms with Crippen LogP contribution < -0.4 is 15.2 Å². The van der Waals surface area contributed by atoms with Crippen molar-refractivity contribution in [1.82, 2.24) is 4.98 Å². The maximum atomic E-state index is 5.91. The highest BCUT2D eigenvalue weighted by atomic mass is 79.9. The minimum Gasteiger partial charge on any atom is -0.490 e. The highest BCUT2D eigenvalue weighted by Crippen LogP contribution is 2.37. The number of ether oxygens (including phenoxy) is 2. The van der Waals surface area contributed by atoms with Crippen molar-refractivity contribution in [1.29, 1.82) is 0 Å². The minimum absolute atomic E-state index is 0.471. The first kappa shape index (κ1) is 16.3. The molecule has 0 radical (unpaired) electrons. The second kappa shape index (κ2) is 7.77. The molecule has 0 saturated carbocycles. The average Bonchev–Trinajstić information content (AvgIpc) is 2.87. The largest absolute Gasteiger partial charge is 0.490 e. The summed E-state index contributed by atoms with van der Waals surface area (Å²) in [4.78, 5) is 5.50. The van der Waals surface area contributed by atoms with Crippen LogP contribution in [0.2, 0.25) is 0 Å². The molecular weight excluding hydrogens is 352 g/mol. The molecule has 1 aromatic carbocycles. The molecule has 2 rings (SSSR count). The van der Waals surface area contributed by atoms with Gasteiger partial charge in [0.1, 0.15) is 0 Å². The van der Waals surface area contributed by atoms with Crippen LogP contribution in [0.1, 0.15) is 23.1 Å². The topological polar surface area (TPSA) is 57.4 Å². The molecule has 2 aromatic rings. The van der Waals surface area contributed by atoms with Crippen LogP contribution in [0.25, 0.3) is 0 Å². The van der Waals surface area contributed by atoms with Crippen LogP contribution in [0, 0.1) is 6.92 Å². The van der Waals surface area contributed by atoms with Gasteiger partial charge in [-0.25, -0.2) is 4.98 Å². The van der Waals surface area contributed by atoms with E-state index in [9.17, 15) is 0 Å². The normalized spacial score (nSPS) is 10.7. The summed E-state index contributed by atoms with van der Waals surface area (Å²) in [6, 6.07) is 3.90. The number of hydrogen-bond acceptors (Lipinski definition) is 5. The van der Waals surface area contributed by atoms with Gasteiger partial charge in [0.25, 0.3) is 0 Å². The van der Waals surface area contributed by atoms with Gasteiger partial charge in [0, 0.05) is 17.8 Å². The zero-order chi connectivity index (χ0) is 15.2. The molecule has 0 unspecified atom stereocenters. The third-order valence-corrected chi connectivity index (χ3v) is 4.61. The molecule has 4 nitrogen and oxygen atoms in total. The lowest BCUT2D eigenvalue weighted by Gasteiger charge is -2.15. The van der Waals surface area contributed by atoms with Crippen molar-refractivity contribution < 1.29 is 9.47 Å². The van der Waals surface area contributed by atoms with Crippen molar-refractivity contribution in [3.8, 4) is 11.5 Å². The number of halogens is 1. The van der Waals surface area contributed by atoms with Gasteiger partial charge >= 0.3 is 0 Å². The highest BCUT2D eigenvalue weighted by molar-refractivity contribution is 9.10. The molecular formula is C15H19BrN2O2S. The van der Waals surface area contributed by atoms with Crippen LogP contribution >= 0.6 is 27.3 Å². The van der Waals surface area contributed by atoms with E-state index in [4.69, 9.17) is 15.2 Å². The van der Waals surface area contributed by atoms with Gasteiger partial charge in [-0.1, -0.05) is 0 Å². The standard InChI is InChI=1S/C15H19BrN2O2S/c1-3-19-13-7-11(8-17)6-12(16)15(13)20-5-4-14-10(2)18-9-21-14/h6-7,9H,3-5,8,17H2,1-2H3. The first-order valence-corrected chi connectivity index (χ1v) is 8.50. The molecule has 114 valence electrons.